The van der Waals surface area contributed by atoms with Crippen LogP contribution in [0.1, 0.15) is 22.2 Å². The van der Waals surface area contributed by atoms with Crippen molar-refractivity contribution in [1.29, 1.82) is 0 Å². The summed E-state index contributed by atoms with van der Waals surface area (Å²) in [6.45, 7) is 0. The number of aromatic hydroxyl groups is 1. The predicted molar refractivity (Wildman–Crippen MR) is 133 cm³/mol. The molecule has 5 rings (SSSR count). The van der Waals surface area contributed by atoms with E-state index in [0.717, 1.165) is 0 Å². The van der Waals surface area contributed by atoms with Crippen LogP contribution >= 0.6 is 11.6 Å². The first-order valence-corrected chi connectivity index (χ1v) is 11.2. The van der Waals surface area contributed by atoms with E-state index >= 15 is 0 Å². The number of ketones is 1. The van der Waals surface area contributed by atoms with Gasteiger partial charge in [-0.05, 0) is 54.1 Å². The summed E-state index contributed by atoms with van der Waals surface area (Å²) >= 11 is 6.15. The topological polar surface area (TPSA) is 109 Å². The first-order valence-electron chi connectivity index (χ1n) is 10.8. The van der Waals surface area contributed by atoms with Gasteiger partial charge in [0.2, 0.25) is 5.78 Å². The molecule has 1 aliphatic rings. The van der Waals surface area contributed by atoms with Gasteiger partial charge in [0.1, 0.15) is 11.5 Å². The zero-order valence-electron chi connectivity index (χ0n) is 19.2. The molecular weight excluding hydrogens is 486 g/mol. The molecule has 2 heterocycles. The molecule has 2 N–H and O–H groups in total. The molecule has 0 aliphatic carbocycles. The van der Waals surface area contributed by atoms with Crippen molar-refractivity contribution in [2.24, 2.45) is 0 Å². The third-order valence-corrected chi connectivity index (χ3v) is 6.22. The van der Waals surface area contributed by atoms with E-state index in [0.29, 0.717) is 38.7 Å². The zero-order chi connectivity index (χ0) is 25.6. The molecule has 36 heavy (non-hydrogen) atoms. The van der Waals surface area contributed by atoms with E-state index in [1.165, 1.54) is 37.3 Å². The molecule has 1 atom stereocenters. The van der Waals surface area contributed by atoms with Gasteiger partial charge in [0.15, 0.2) is 22.9 Å². The van der Waals surface area contributed by atoms with E-state index < -0.39 is 23.5 Å². The minimum atomic E-state index is -0.988. The molecule has 0 saturated heterocycles. The number of aliphatic hydroxyl groups is 1. The van der Waals surface area contributed by atoms with E-state index in [1.807, 2.05) is 0 Å². The summed E-state index contributed by atoms with van der Waals surface area (Å²) in [5, 5.41) is 21.6. The number of phenols is 1. The first-order chi connectivity index (χ1) is 17.3. The highest BCUT2D eigenvalue weighted by Crippen LogP contribution is 2.43. The lowest BCUT2D eigenvalue weighted by atomic mass is 9.94. The Morgan fingerprint density at radius 3 is 2.31 bits per heavy atom. The molecule has 4 aromatic rings. The van der Waals surface area contributed by atoms with Gasteiger partial charge in [0.05, 0.1) is 25.8 Å². The number of carbonyl (C=O) groups excluding carboxylic acids is 2. The van der Waals surface area contributed by atoms with Crippen LogP contribution in [-0.4, -0.2) is 36.1 Å². The quantitative estimate of drug-likeness (QED) is 0.328. The second-order valence-electron chi connectivity index (χ2n) is 8.10. The monoisotopic (exact) mass is 505 g/mol. The minimum Gasteiger partial charge on any atom is -0.508 e. The smallest absolute Gasteiger partial charge is 0.294 e. The van der Waals surface area contributed by atoms with Crippen LogP contribution in [0.15, 0.2) is 82.5 Å². The lowest BCUT2D eigenvalue weighted by molar-refractivity contribution is -0.117. The third-order valence-electron chi connectivity index (χ3n) is 6.00. The largest absolute Gasteiger partial charge is 0.508 e. The van der Waals surface area contributed by atoms with Crippen LogP contribution in [0.2, 0.25) is 5.02 Å². The first kappa shape index (κ1) is 23.3. The van der Waals surface area contributed by atoms with Crippen LogP contribution in [0.4, 0.5) is 5.69 Å². The molecule has 0 bridgehead atoms. The van der Waals surface area contributed by atoms with Gasteiger partial charge in [0, 0.05) is 22.2 Å². The Morgan fingerprint density at radius 2 is 1.67 bits per heavy atom. The van der Waals surface area contributed by atoms with Gasteiger partial charge in [-0.2, -0.15) is 0 Å². The van der Waals surface area contributed by atoms with Crippen molar-refractivity contribution in [3.05, 3.63) is 94.4 Å². The zero-order valence-corrected chi connectivity index (χ0v) is 19.9. The summed E-state index contributed by atoms with van der Waals surface area (Å²) in [4.78, 5) is 28.4. The number of hydrogen-bond donors (Lipinski definition) is 2. The Labute approximate surface area is 210 Å². The number of fused-ring (bicyclic) bond motifs is 1. The van der Waals surface area contributed by atoms with Crippen molar-refractivity contribution < 1.29 is 33.7 Å². The van der Waals surface area contributed by atoms with Crippen LogP contribution < -0.4 is 14.4 Å². The van der Waals surface area contributed by atoms with E-state index in [4.69, 9.17) is 25.5 Å². The number of anilines is 1. The van der Waals surface area contributed by atoms with Gasteiger partial charge in [-0.15, -0.1) is 0 Å². The Morgan fingerprint density at radius 1 is 0.972 bits per heavy atom. The van der Waals surface area contributed by atoms with Gasteiger partial charge in [-0.25, -0.2) is 0 Å². The number of amides is 1. The number of phenolic OH excluding ortho intramolecular Hbond substituents is 1. The number of rotatable bonds is 6. The molecule has 0 radical (unpaired) electrons. The van der Waals surface area contributed by atoms with Crippen LogP contribution in [0.3, 0.4) is 0 Å². The maximum absolute atomic E-state index is 13.8. The minimum absolute atomic E-state index is 0.0152. The van der Waals surface area contributed by atoms with Crippen LogP contribution in [0.5, 0.6) is 17.2 Å². The van der Waals surface area contributed by atoms with Gasteiger partial charge in [-0.1, -0.05) is 23.7 Å². The standard InChI is InChI=1S/C27H20ClNO7/c1-34-19-9-5-17(6-10-19)29-23(14-3-7-18(30)8-4-14)22(25(32)27(29)33)24(31)20-12-15-11-16(28)13-21(35-2)26(15)36-20/h3-13,23,30,32H,1-2H3. The van der Waals surface area contributed by atoms with Gasteiger partial charge >= 0.3 is 0 Å². The van der Waals surface area contributed by atoms with Crippen LogP contribution in [0.25, 0.3) is 11.0 Å². The molecule has 0 spiro atoms. The number of methoxy groups -OCH3 is 2. The molecule has 3 aromatic carbocycles. The summed E-state index contributed by atoms with van der Waals surface area (Å²) in [6.07, 6.45) is 0. The van der Waals surface area contributed by atoms with Crippen molar-refractivity contribution >= 4 is 39.9 Å². The summed E-state index contributed by atoms with van der Waals surface area (Å²) in [7, 11) is 2.97. The lowest BCUT2D eigenvalue weighted by Gasteiger charge is -2.27. The van der Waals surface area contributed by atoms with Crippen LogP contribution in [0, 0.1) is 0 Å². The number of Topliss-reactive ketones (excluding diaryl/α,β-unsaturated/α-hetero) is 1. The average Bonchev–Trinajstić information content (AvgIpc) is 3.42. The molecule has 182 valence electrons. The maximum atomic E-state index is 13.8. The number of carbonyl (C=O) groups is 2. The van der Waals surface area contributed by atoms with E-state index in [2.05, 4.69) is 0 Å². The maximum Gasteiger partial charge on any atom is 0.294 e. The summed E-state index contributed by atoms with van der Waals surface area (Å²) in [5.74, 6) is -1.29. The molecule has 0 fully saturated rings. The molecule has 1 aromatic heterocycles. The highest BCUT2D eigenvalue weighted by Gasteiger charge is 2.45. The molecule has 1 amide bonds. The second-order valence-corrected chi connectivity index (χ2v) is 8.53. The van der Waals surface area contributed by atoms with E-state index in [9.17, 15) is 19.8 Å². The number of hydrogen-bond acceptors (Lipinski definition) is 7. The number of halogens is 1. The molecular formula is C27H20ClNO7. The predicted octanol–water partition coefficient (Wildman–Crippen LogP) is 5.59. The Balaban J connectivity index is 1.65. The number of furan rings is 1. The van der Waals surface area contributed by atoms with E-state index in [1.54, 1.807) is 48.5 Å². The Kier molecular flexibility index (Phi) is 5.81. The fraction of sp³-hybridized carbons (Fsp3) is 0.111. The third kappa shape index (κ3) is 3.81. The van der Waals surface area contributed by atoms with E-state index in [-0.39, 0.29) is 17.1 Å². The second kappa shape index (κ2) is 8.98. The average molecular weight is 506 g/mol. The highest BCUT2D eigenvalue weighted by molar-refractivity contribution is 6.31. The SMILES string of the molecule is COc1ccc(N2C(=O)C(O)=C(C(=O)c3cc4cc(Cl)cc(OC)c4o3)C2c2ccc(O)cc2)cc1. The Bertz CT molecular complexity index is 1520. The molecule has 8 nitrogen and oxygen atoms in total. The summed E-state index contributed by atoms with van der Waals surface area (Å²) < 4.78 is 16.3. The normalized spacial score (nSPS) is 15.6. The van der Waals surface area contributed by atoms with Crippen molar-refractivity contribution in [2.45, 2.75) is 6.04 Å². The van der Waals surface area contributed by atoms with Crippen molar-refractivity contribution in [1.82, 2.24) is 0 Å². The molecule has 9 heteroatoms. The van der Waals surface area contributed by atoms with Crippen molar-refractivity contribution in [3.63, 3.8) is 0 Å². The summed E-state index contributed by atoms with van der Waals surface area (Å²) in [6, 6.07) is 16.4. The van der Waals surface area contributed by atoms with Crippen LogP contribution in [-0.2, 0) is 4.79 Å². The van der Waals surface area contributed by atoms with Gasteiger partial charge in [-0.3, -0.25) is 14.5 Å². The number of aliphatic hydroxyl groups excluding tert-OH is 1. The molecule has 0 saturated carbocycles. The van der Waals surface area contributed by atoms with Gasteiger partial charge < -0.3 is 24.1 Å². The fourth-order valence-electron chi connectivity index (χ4n) is 4.30. The number of nitrogens with zero attached hydrogens (tertiary/aromatic N) is 1. The highest BCUT2D eigenvalue weighted by atomic mass is 35.5. The number of ether oxygens (including phenoxy) is 2. The number of benzene rings is 3. The van der Waals surface area contributed by atoms with Crippen molar-refractivity contribution in [2.75, 3.05) is 19.1 Å². The Hall–Kier alpha value is -4.43. The fourth-order valence-corrected chi connectivity index (χ4v) is 4.52. The van der Waals surface area contributed by atoms with Crippen molar-refractivity contribution in [3.8, 4) is 17.2 Å². The lowest BCUT2D eigenvalue weighted by Crippen LogP contribution is -2.31. The van der Waals surface area contributed by atoms with Gasteiger partial charge in [0.25, 0.3) is 5.91 Å². The molecule has 1 unspecified atom stereocenters. The molecule has 1 aliphatic heterocycles. The summed E-state index contributed by atoms with van der Waals surface area (Å²) in [5.41, 5.74) is 1.08.